The number of benzene rings is 1. The van der Waals surface area contributed by atoms with E-state index in [0.29, 0.717) is 22.9 Å². The summed E-state index contributed by atoms with van der Waals surface area (Å²) < 4.78 is 0. The lowest BCUT2D eigenvalue weighted by molar-refractivity contribution is 0.0900. The fraction of sp³-hybridized carbons (Fsp3) is 0.429. The molecule has 1 amide bonds. The van der Waals surface area contributed by atoms with Crippen LogP contribution in [0.15, 0.2) is 18.2 Å². The van der Waals surface area contributed by atoms with Gasteiger partial charge >= 0.3 is 0 Å². The normalized spacial score (nSPS) is 12.0. The third-order valence-electron chi connectivity index (χ3n) is 2.59. The van der Waals surface area contributed by atoms with Crippen LogP contribution in [0.25, 0.3) is 0 Å². The summed E-state index contributed by atoms with van der Waals surface area (Å²) in [6.45, 7) is 4.20. The Balaban J connectivity index is 2.62. The summed E-state index contributed by atoms with van der Waals surface area (Å²) >= 11 is 5.79. The first-order valence-electron chi connectivity index (χ1n) is 6.10. The van der Waals surface area contributed by atoms with E-state index in [-0.39, 0.29) is 18.0 Å². The van der Waals surface area contributed by atoms with E-state index in [4.69, 9.17) is 16.9 Å². The van der Waals surface area contributed by atoms with Crippen LogP contribution in [-0.4, -0.2) is 23.7 Å². The number of hydrogen-bond acceptors (Lipinski definition) is 3. The molecule has 0 aliphatic carbocycles. The number of nitrogens with zero attached hydrogens (tertiary/aromatic N) is 1. The molecular formula is C14H17ClN2O2. The van der Waals surface area contributed by atoms with Gasteiger partial charge in [0.2, 0.25) is 0 Å². The second kappa shape index (κ2) is 7.13. The topological polar surface area (TPSA) is 73.1 Å². The van der Waals surface area contributed by atoms with Gasteiger partial charge in [-0.3, -0.25) is 4.79 Å². The number of hydrogen-bond donors (Lipinski definition) is 2. The van der Waals surface area contributed by atoms with Gasteiger partial charge in [-0.1, -0.05) is 25.4 Å². The molecule has 1 aromatic rings. The lowest BCUT2D eigenvalue weighted by Crippen LogP contribution is -2.32. The average Bonchev–Trinajstić information content (AvgIpc) is 2.35. The minimum absolute atomic E-state index is 0.196. The van der Waals surface area contributed by atoms with E-state index < -0.39 is 6.10 Å². The highest BCUT2D eigenvalue weighted by molar-refractivity contribution is 6.31. The molecule has 1 rings (SSSR count). The SMILES string of the molecule is CC(C)CC(O)CNC(=O)c1ccc(Cl)c(C#N)c1. The molecule has 5 heteroatoms. The van der Waals surface area contributed by atoms with E-state index in [9.17, 15) is 9.90 Å². The fourth-order valence-corrected chi connectivity index (χ4v) is 1.85. The molecule has 0 bridgehead atoms. The second-order valence-electron chi connectivity index (χ2n) is 4.80. The van der Waals surface area contributed by atoms with Crippen molar-refractivity contribution < 1.29 is 9.90 Å². The van der Waals surface area contributed by atoms with Crippen LogP contribution in [0.4, 0.5) is 0 Å². The largest absolute Gasteiger partial charge is 0.391 e. The minimum atomic E-state index is -0.563. The van der Waals surface area contributed by atoms with Gasteiger partial charge in [0, 0.05) is 12.1 Å². The number of carbonyl (C=O) groups excluding carboxylic acids is 1. The van der Waals surface area contributed by atoms with Gasteiger partial charge in [-0.2, -0.15) is 5.26 Å². The van der Waals surface area contributed by atoms with Crippen LogP contribution in [-0.2, 0) is 0 Å². The molecule has 0 fully saturated rings. The highest BCUT2D eigenvalue weighted by atomic mass is 35.5. The summed E-state index contributed by atoms with van der Waals surface area (Å²) in [6.07, 6.45) is 0.0661. The maximum Gasteiger partial charge on any atom is 0.251 e. The molecule has 0 aliphatic rings. The van der Waals surface area contributed by atoms with Crippen molar-refractivity contribution in [2.45, 2.75) is 26.4 Å². The van der Waals surface area contributed by atoms with E-state index in [1.165, 1.54) is 12.1 Å². The zero-order valence-electron chi connectivity index (χ0n) is 11.0. The Morgan fingerprint density at radius 3 is 2.79 bits per heavy atom. The van der Waals surface area contributed by atoms with Crippen LogP contribution in [0.2, 0.25) is 5.02 Å². The average molecular weight is 281 g/mol. The molecule has 0 radical (unpaired) electrons. The number of halogens is 1. The Labute approximate surface area is 118 Å². The number of aliphatic hydroxyl groups is 1. The second-order valence-corrected chi connectivity index (χ2v) is 5.21. The molecular weight excluding hydrogens is 264 g/mol. The molecule has 0 aromatic heterocycles. The first kappa shape index (κ1) is 15.5. The van der Waals surface area contributed by atoms with Crippen LogP contribution in [0.5, 0.6) is 0 Å². The first-order valence-corrected chi connectivity index (χ1v) is 6.47. The molecule has 4 nitrogen and oxygen atoms in total. The van der Waals surface area contributed by atoms with E-state index in [1.54, 1.807) is 6.07 Å². The van der Waals surface area contributed by atoms with Crippen LogP contribution in [0.3, 0.4) is 0 Å². The lowest BCUT2D eigenvalue weighted by Gasteiger charge is -2.14. The molecule has 1 atom stereocenters. The highest BCUT2D eigenvalue weighted by Crippen LogP contribution is 2.16. The van der Waals surface area contributed by atoms with Crippen molar-refractivity contribution in [3.05, 3.63) is 34.3 Å². The molecule has 102 valence electrons. The maximum absolute atomic E-state index is 11.8. The molecule has 2 N–H and O–H groups in total. The Hall–Kier alpha value is -1.57. The first-order chi connectivity index (χ1) is 8.93. The number of amides is 1. The molecule has 0 saturated heterocycles. The monoisotopic (exact) mass is 280 g/mol. The van der Waals surface area contributed by atoms with Crippen molar-refractivity contribution in [3.8, 4) is 6.07 Å². The molecule has 1 aromatic carbocycles. The summed E-state index contributed by atoms with van der Waals surface area (Å²) in [5, 5.41) is 21.5. The van der Waals surface area contributed by atoms with Crippen LogP contribution < -0.4 is 5.32 Å². The number of carbonyl (C=O) groups is 1. The van der Waals surface area contributed by atoms with Gasteiger partial charge in [0.05, 0.1) is 16.7 Å². The number of nitriles is 1. The maximum atomic E-state index is 11.8. The van der Waals surface area contributed by atoms with Gasteiger partial charge in [-0.25, -0.2) is 0 Å². The predicted molar refractivity (Wildman–Crippen MR) is 74.0 cm³/mol. The van der Waals surface area contributed by atoms with E-state index >= 15 is 0 Å². The predicted octanol–water partition coefficient (Wildman–Crippen LogP) is 2.35. The smallest absolute Gasteiger partial charge is 0.251 e. The summed E-state index contributed by atoms with van der Waals surface area (Å²) in [7, 11) is 0. The van der Waals surface area contributed by atoms with Gasteiger partial charge in [-0.05, 0) is 30.5 Å². The minimum Gasteiger partial charge on any atom is -0.391 e. The van der Waals surface area contributed by atoms with Gasteiger partial charge < -0.3 is 10.4 Å². The highest BCUT2D eigenvalue weighted by Gasteiger charge is 2.11. The van der Waals surface area contributed by atoms with Gasteiger partial charge in [-0.15, -0.1) is 0 Å². The summed E-state index contributed by atoms with van der Waals surface area (Å²) in [6, 6.07) is 6.42. The van der Waals surface area contributed by atoms with Gasteiger partial charge in [0.25, 0.3) is 5.91 Å². The quantitative estimate of drug-likeness (QED) is 0.869. The standard InChI is InChI=1S/C14H17ClN2O2/c1-9(2)5-12(18)8-17-14(19)10-3-4-13(15)11(6-10)7-16/h3-4,6,9,12,18H,5,8H2,1-2H3,(H,17,19). The number of rotatable bonds is 5. The van der Waals surface area contributed by atoms with Crippen LogP contribution in [0.1, 0.15) is 36.2 Å². The number of aliphatic hydroxyl groups excluding tert-OH is 1. The van der Waals surface area contributed by atoms with E-state index in [1.807, 2.05) is 19.9 Å². The third-order valence-corrected chi connectivity index (χ3v) is 2.92. The summed E-state index contributed by atoms with van der Waals surface area (Å²) in [5.74, 6) is 0.0450. The van der Waals surface area contributed by atoms with Gasteiger partial charge in [0.1, 0.15) is 6.07 Å². The van der Waals surface area contributed by atoms with Crippen molar-refractivity contribution in [2.24, 2.45) is 5.92 Å². The van der Waals surface area contributed by atoms with Crippen molar-refractivity contribution in [1.82, 2.24) is 5.32 Å². The van der Waals surface area contributed by atoms with Crippen molar-refractivity contribution >= 4 is 17.5 Å². The summed E-state index contributed by atoms with van der Waals surface area (Å²) in [4.78, 5) is 11.8. The van der Waals surface area contributed by atoms with Crippen LogP contribution >= 0.6 is 11.6 Å². The molecule has 0 spiro atoms. The Bertz CT molecular complexity index is 495. The molecule has 0 aliphatic heterocycles. The van der Waals surface area contributed by atoms with E-state index in [2.05, 4.69) is 5.32 Å². The molecule has 0 saturated carbocycles. The Morgan fingerprint density at radius 2 is 2.21 bits per heavy atom. The lowest BCUT2D eigenvalue weighted by atomic mass is 10.1. The Kier molecular flexibility index (Phi) is 5.81. The summed E-state index contributed by atoms with van der Waals surface area (Å²) in [5.41, 5.74) is 0.620. The zero-order valence-corrected chi connectivity index (χ0v) is 11.7. The van der Waals surface area contributed by atoms with E-state index in [0.717, 1.165) is 0 Å². The van der Waals surface area contributed by atoms with Crippen molar-refractivity contribution in [3.63, 3.8) is 0 Å². The third kappa shape index (κ3) is 4.90. The molecule has 0 heterocycles. The Morgan fingerprint density at radius 1 is 1.53 bits per heavy atom. The van der Waals surface area contributed by atoms with Crippen LogP contribution in [0, 0.1) is 17.2 Å². The number of nitrogens with one attached hydrogen (secondary N) is 1. The van der Waals surface area contributed by atoms with Crippen molar-refractivity contribution in [1.29, 1.82) is 5.26 Å². The molecule has 1 unspecified atom stereocenters. The fourth-order valence-electron chi connectivity index (χ4n) is 1.69. The van der Waals surface area contributed by atoms with Crippen molar-refractivity contribution in [2.75, 3.05) is 6.54 Å². The van der Waals surface area contributed by atoms with Gasteiger partial charge in [0.15, 0.2) is 0 Å². The zero-order chi connectivity index (χ0) is 14.4. The molecule has 19 heavy (non-hydrogen) atoms.